The van der Waals surface area contributed by atoms with Crippen molar-refractivity contribution in [1.29, 1.82) is 0 Å². The van der Waals surface area contributed by atoms with Crippen molar-refractivity contribution in [3.63, 3.8) is 0 Å². The fraction of sp³-hybridized carbons (Fsp3) is 0.143. The van der Waals surface area contributed by atoms with Gasteiger partial charge in [-0.2, -0.15) is 0 Å². The van der Waals surface area contributed by atoms with Crippen molar-refractivity contribution in [2.45, 2.75) is 6.54 Å². The molecule has 0 saturated heterocycles. The highest BCUT2D eigenvalue weighted by atomic mass is 19.1. The molecule has 0 fully saturated rings. The molecule has 5 nitrogen and oxygen atoms in total. The van der Waals surface area contributed by atoms with Crippen LogP contribution in [0.2, 0.25) is 0 Å². The SMILES string of the molecule is COc1ccc(CNc2ccccc2[N+](=O)[O-])cc1F. The standard InChI is InChI=1S/C14H13FN2O3/c1-20-14-7-6-10(8-11(14)15)9-16-12-4-2-3-5-13(12)17(18)19/h2-8,16H,9H2,1H3. The van der Waals surface area contributed by atoms with E-state index in [2.05, 4.69) is 5.32 Å². The van der Waals surface area contributed by atoms with Crippen LogP contribution in [0.25, 0.3) is 0 Å². The zero-order valence-corrected chi connectivity index (χ0v) is 10.8. The zero-order valence-electron chi connectivity index (χ0n) is 10.8. The Morgan fingerprint density at radius 2 is 2.05 bits per heavy atom. The van der Waals surface area contributed by atoms with Crippen LogP contribution in [-0.4, -0.2) is 12.0 Å². The lowest BCUT2D eigenvalue weighted by atomic mass is 10.2. The maximum Gasteiger partial charge on any atom is 0.292 e. The van der Waals surface area contributed by atoms with Gasteiger partial charge in [-0.15, -0.1) is 0 Å². The van der Waals surface area contributed by atoms with Crippen LogP contribution in [0, 0.1) is 15.9 Å². The van der Waals surface area contributed by atoms with Gasteiger partial charge in [-0.3, -0.25) is 10.1 Å². The van der Waals surface area contributed by atoms with Gasteiger partial charge in [0.25, 0.3) is 5.69 Å². The predicted octanol–water partition coefficient (Wildman–Crippen LogP) is 3.35. The summed E-state index contributed by atoms with van der Waals surface area (Å²) in [5, 5.41) is 13.8. The minimum atomic E-state index is -0.464. The number of halogens is 1. The first kappa shape index (κ1) is 13.8. The van der Waals surface area contributed by atoms with Gasteiger partial charge in [-0.05, 0) is 23.8 Å². The van der Waals surface area contributed by atoms with Gasteiger partial charge in [0, 0.05) is 12.6 Å². The van der Waals surface area contributed by atoms with E-state index in [-0.39, 0.29) is 18.0 Å². The van der Waals surface area contributed by atoms with Gasteiger partial charge in [0.15, 0.2) is 11.6 Å². The van der Waals surface area contributed by atoms with E-state index in [0.29, 0.717) is 11.3 Å². The molecule has 104 valence electrons. The highest BCUT2D eigenvalue weighted by Crippen LogP contribution is 2.24. The second kappa shape index (κ2) is 6.01. The lowest BCUT2D eigenvalue weighted by molar-refractivity contribution is -0.384. The van der Waals surface area contributed by atoms with Crippen LogP contribution in [0.4, 0.5) is 15.8 Å². The smallest absolute Gasteiger partial charge is 0.292 e. The second-order valence-corrected chi connectivity index (χ2v) is 4.10. The molecule has 0 atom stereocenters. The van der Waals surface area contributed by atoms with E-state index >= 15 is 0 Å². The number of nitro benzene ring substituents is 1. The van der Waals surface area contributed by atoms with Crippen molar-refractivity contribution < 1.29 is 14.1 Å². The number of nitrogens with one attached hydrogen (secondary N) is 1. The van der Waals surface area contributed by atoms with Crippen LogP contribution in [0.15, 0.2) is 42.5 Å². The first-order valence-corrected chi connectivity index (χ1v) is 5.91. The molecule has 0 saturated carbocycles. The third-order valence-corrected chi connectivity index (χ3v) is 2.80. The molecular formula is C14H13FN2O3. The summed E-state index contributed by atoms with van der Waals surface area (Å²) in [5.74, 6) is -0.297. The number of nitrogens with zero attached hydrogens (tertiary/aromatic N) is 1. The van der Waals surface area contributed by atoms with Gasteiger partial charge < -0.3 is 10.1 Å². The van der Waals surface area contributed by atoms with Crippen molar-refractivity contribution in [2.24, 2.45) is 0 Å². The van der Waals surface area contributed by atoms with Crippen LogP contribution in [0.3, 0.4) is 0 Å². The zero-order chi connectivity index (χ0) is 14.5. The Hall–Kier alpha value is -2.63. The van der Waals surface area contributed by atoms with Gasteiger partial charge in [0.2, 0.25) is 0 Å². The lowest BCUT2D eigenvalue weighted by Gasteiger charge is -2.08. The van der Waals surface area contributed by atoms with Crippen LogP contribution in [-0.2, 0) is 6.54 Å². The summed E-state index contributed by atoms with van der Waals surface area (Å²) in [4.78, 5) is 10.4. The number of para-hydroxylation sites is 2. The summed E-state index contributed by atoms with van der Waals surface area (Å²) >= 11 is 0. The van der Waals surface area contributed by atoms with Crippen molar-refractivity contribution >= 4 is 11.4 Å². The molecule has 0 heterocycles. The average molecular weight is 276 g/mol. The molecule has 0 spiro atoms. The third-order valence-electron chi connectivity index (χ3n) is 2.80. The van der Waals surface area contributed by atoms with Gasteiger partial charge >= 0.3 is 0 Å². The molecule has 0 aliphatic rings. The molecule has 1 N–H and O–H groups in total. The molecule has 0 aliphatic carbocycles. The largest absolute Gasteiger partial charge is 0.494 e. The molecule has 0 radical (unpaired) electrons. The highest BCUT2D eigenvalue weighted by molar-refractivity contribution is 5.61. The molecule has 20 heavy (non-hydrogen) atoms. The molecule has 2 aromatic rings. The van der Waals surface area contributed by atoms with Gasteiger partial charge in [-0.25, -0.2) is 4.39 Å². The summed E-state index contributed by atoms with van der Waals surface area (Å²) in [6.07, 6.45) is 0. The fourth-order valence-corrected chi connectivity index (χ4v) is 1.80. The highest BCUT2D eigenvalue weighted by Gasteiger charge is 2.12. The summed E-state index contributed by atoms with van der Waals surface area (Å²) in [6.45, 7) is 0.283. The Balaban J connectivity index is 2.13. The van der Waals surface area contributed by atoms with Gasteiger partial charge in [0.05, 0.1) is 12.0 Å². The molecular weight excluding hydrogens is 263 g/mol. The Bertz CT molecular complexity index is 632. The van der Waals surface area contributed by atoms with Crippen LogP contribution in [0.5, 0.6) is 5.75 Å². The van der Waals surface area contributed by atoms with Crippen molar-refractivity contribution in [3.8, 4) is 5.75 Å². The molecule has 0 aromatic heterocycles. The minimum Gasteiger partial charge on any atom is -0.494 e. The maximum absolute atomic E-state index is 13.5. The average Bonchev–Trinajstić information content (AvgIpc) is 2.45. The Kier molecular flexibility index (Phi) is 4.14. The number of methoxy groups -OCH3 is 1. The second-order valence-electron chi connectivity index (χ2n) is 4.10. The molecule has 0 unspecified atom stereocenters. The van der Waals surface area contributed by atoms with E-state index < -0.39 is 10.7 Å². The first-order chi connectivity index (χ1) is 9.61. The van der Waals surface area contributed by atoms with Crippen LogP contribution < -0.4 is 10.1 Å². The van der Waals surface area contributed by atoms with Crippen molar-refractivity contribution in [2.75, 3.05) is 12.4 Å². The summed E-state index contributed by atoms with van der Waals surface area (Å²) < 4.78 is 18.4. The van der Waals surface area contributed by atoms with E-state index in [1.165, 1.54) is 25.3 Å². The molecule has 0 aliphatic heterocycles. The Labute approximate surface area is 115 Å². The fourth-order valence-electron chi connectivity index (χ4n) is 1.80. The molecule has 6 heteroatoms. The number of benzene rings is 2. The van der Waals surface area contributed by atoms with Gasteiger partial charge in [-0.1, -0.05) is 18.2 Å². The number of hydrogen-bond donors (Lipinski definition) is 1. The van der Waals surface area contributed by atoms with Gasteiger partial charge in [0.1, 0.15) is 5.69 Å². The number of nitro groups is 1. The van der Waals surface area contributed by atoms with E-state index in [1.54, 1.807) is 24.3 Å². The van der Waals surface area contributed by atoms with E-state index in [1.807, 2.05) is 0 Å². The Morgan fingerprint density at radius 1 is 1.30 bits per heavy atom. The summed E-state index contributed by atoms with van der Waals surface area (Å²) in [5.41, 5.74) is 1.05. The van der Waals surface area contributed by atoms with Crippen LogP contribution in [0.1, 0.15) is 5.56 Å². The molecule has 2 rings (SSSR count). The topological polar surface area (TPSA) is 64.4 Å². The van der Waals surface area contributed by atoms with E-state index in [4.69, 9.17) is 4.74 Å². The first-order valence-electron chi connectivity index (χ1n) is 5.91. The predicted molar refractivity (Wildman–Crippen MR) is 73.4 cm³/mol. The van der Waals surface area contributed by atoms with Crippen molar-refractivity contribution in [3.05, 3.63) is 64.0 Å². The third kappa shape index (κ3) is 3.03. The minimum absolute atomic E-state index is 0.0125. The number of hydrogen-bond acceptors (Lipinski definition) is 4. The lowest BCUT2D eigenvalue weighted by Crippen LogP contribution is -2.03. The normalized spacial score (nSPS) is 10.1. The summed E-state index contributed by atoms with van der Waals surface area (Å²) in [7, 11) is 1.39. The maximum atomic E-state index is 13.5. The van der Waals surface area contributed by atoms with Crippen LogP contribution >= 0.6 is 0 Å². The number of rotatable bonds is 5. The molecule has 0 amide bonds. The van der Waals surface area contributed by atoms with E-state index in [0.717, 1.165) is 0 Å². The Morgan fingerprint density at radius 3 is 2.70 bits per heavy atom. The molecule has 0 bridgehead atoms. The number of anilines is 1. The quantitative estimate of drug-likeness (QED) is 0.671. The van der Waals surface area contributed by atoms with E-state index in [9.17, 15) is 14.5 Å². The monoisotopic (exact) mass is 276 g/mol. The number of ether oxygens (including phenoxy) is 1. The van der Waals surface area contributed by atoms with Crippen molar-refractivity contribution in [1.82, 2.24) is 0 Å². The summed E-state index contributed by atoms with van der Waals surface area (Å²) in [6, 6.07) is 10.9. The molecule has 2 aromatic carbocycles.